The lowest BCUT2D eigenvalue weighted by Crippen LogP contribution is -2.43. The summed E-state index contributed by atoms with van der Waals surface area (Å²) in [5.74, 6) is 1.91. The highest BCUT2D eigenvalue weighted by Gasteiger charge is 2.33. The molecule has 0 aromatic carbocycles. The molecule has 2 fully saturated rings. The van der Waals surface area contributed by atoms with Gasteiger partial charge in [0.2, 0.25) is 0 Å². The highest BCUT2D eigenvalue weighted by atomic mass is 16.5. The summed E-state index contributed by atoms with van der Waals surface area (Å²) < 4.78 is 10.8. The third kappa shape index (κ3) is 6.31. The molecule has 0 atom stereocenters. The average molecular weight is 404 g/mol. The summed E-state index contributed by atoms with van der Waals surface area (Å²) in [6.45, 7) is 8.62. The van der Waals surface area contributed by atoms with Crippen LogP contribution in [0.15, 0.2) is 23.3 Å². The Balaban J connectivity index is 1.65. The number of hydrogen-bond acceptors (Lipinski definition) is 5. The van der Waals surface area contributed by atoms with E-state index in [-0.39, 0.29) is 0 Å². The van der Waals surface area contributed by atoms with Gasteiger partial charge in [-0.05, 0) is 37.7 Å². The van der Waals surface area contributed by atoms with E-state index >= 15 is 0 Å². The number of rotatable bonds is 9. The molecule has 2 heterocycles. The van der Waals surface area contributed by atoms with Crippen molar-refractivity contribution in [3.05, 3.63) is 23.9 Å². The second-order valence-electron chi connectivity index (χ2n) is 8.08. The van der Waals surface area contributed by atoms with Crippen LogP contribution in [-0.2, 0) is 16.0 Å². The minimum atomic E-state index is 0.333. The van der Waals surface area contributed by atoms with E-state index in [1.165, 1.54) is 25.7 Å². The molecule has 7 heteroatoms. The summed E-state index contributed by atoms with van der Waals surface area (Å²) in [6.07, 6.45) is 8.15. The van der Waals surface area contributed by atoms with Crippen molar-refractivity contribution in [2.45, 2.75) is 45.6 Å². The molecule has 1 saturated heterocycles. The molecular weight excluding hydrogens is 366 g/mol. The van der Waals surface area contributed by atoms with Gasteiger partial charge in [0.1, 0.15) is 5.82 Å². The molecule has 0 bridgehead atoms. The lowest BCUT2D eigenvalue weighted by atomic mass is 9.83. The van der Waals surface area contributed by atoms with E-state index in [2.05, 4.69) is 33.5 Å². The molecular formula is C22H37N5O2. The second-order valence-corrected chi connectivity index (χ2v) is 8.08. The van der Waals surface area contributed by atoms with E-state index < -0.39 is 0 Å². The number of ether oxygens (including phenoxy) is 2. The van der Waals surface area contributed by atoms with Gasteiger partial charge in [-0.25, -0.2) is 9.98 Å². The molecule has 2 N–H and O–H groups in total. The fraction of sp³-hybridized carbons (Fsp3) is 0.727. The Kier molecular flexibility index (Phi) is 8.55. The van der Waals surface area contributed by atoms with Crippen molar-refractivity contribution in [1.82, 2.24) is 15.6 Å². The normalized spacial score (nSPS) is 19.4. The zero-order chi connectivity index (χ0) is 20.4. The van der Waals surface area contributed by atoms with Gasteiger partial charge in [-0.15, -0.1) is 0 Å². The van der Waals surface area contributed by atoms with Crippen LogP contribution >= 0.6 is 0 Å². The third-order valence-electron chi connectivity index (χ3n) is 6.06. The van der Waals surface area contributed by atoms with Gasteiger partial charge in [-0.1, -0.05) is 18.9 Å². The predicted molar refractivity (Wildman–Crippen MR) is 117 cm³/mol. The Morgan fingerprint density at radius 3 is 2.79 bits per heavy atom. The van der Waals surface area contributed by atoms with Crippen LogP contribution in [0.2, 0.25) is 0 Å². The molecule has 0 spiro atoms. The monoisotopic (exact) mass is 403 g/mol. The quantitative estimate of drug-likeness (QED) is 0.488. The minimum Gasteiger partial charge on any atom is -0.385 e. The van der Waals surface area contributed by atoms with Gasteiger partial charge in [0, 0.05) is 51.7 Å². The fourth-order valence-corrected chi connectivity index (χ4v) is 4.35. The number of aliphatic imine (C=N–C) groups is 1. The predicted octanol–water partition coefficient (Wildman–Crippen LogP) is 2.57. The van der Waals surface area contributed by atoms with Gasteiger partial charge in [0.15, 0.2) is 5.96 Å². The maximum atomic E-state index is 5.48. The maximum Gasteiger partial charge on any atom is 0.191 e. The topological polar surface area (TPSA) is 71.0 Å². The zero-order valence-electron chi connectivity index (χ0n) is 18.1. The van der Waals surface area contributed by atoms with Gasteiger partial charge in [-0.3, -0.25) is 0 Å². The van der Waals surface area contributed by atoms with Gasteiger partial charge in [0.05, 0.1) is 19.8 Å². The first-order valence-electron chi connectivity index (χ1n) is 11.0. The highest BCUT2D eigenvalue weighted by Crippen LogP contribution is 2.40. The van der Waals surface area contributed by atoms with Gasteiger partial charge < -0.3 is 25.0 Å². The van der Waals surface area contributed by atoms with E-state index in [1.54, 1.807) is 7.11 Å². The van der Waals surface area contributed by atoms with Crippen molar-refractivity contribution in [2.75, 3.05) is 58.0 Å². The van der Waals surface area contributed by atoms with Crippen molar-refractivity contribution >= 4 is 11.8 Å². The number of methoxy groups -OCH3 is 1. The highest BCUT2D eigenvalue weighted by molar-refractivity contribution is 5.79. The largest absolute Gasteiger partial charge is 0.385 e. The Labute approximate surface area is 175 Å². The van der Waals surface area contributed by atoms with Crippen LogP contribution in [0.25, 0.3) is 0 Å². The number of morpholine rings is 1. The molecule has 29 heavy (non-hydrogen) atoms. The third-order valence-corrected chi connectivity index (χ3v) is 6.06. The van der Waals surface area contributed by atoms with E-state index in [0.717, 1.165) is 69.8 Å². The summed E-state index contributed by atoms with van der Waals surface area (Å²) in [5, 5.41) is 7.01. The minimum absolute atomic E-state index is 0.333. The van der Waals surface area contributed by atoms with Crippen LogP contribution in [0.5, 0.6) is 0 Å². The number of hydrogen-bond donors (Lipinski definition) is 2. The Hall–Kier alpha value is -1.86. The fourth-order valence-electron chi connectivity index (χ4n) is 4.35. The smallest absolute Gasteiger partial charge is 0.191 e. The number of nitrogens with one attached hydrogen (secondary N) is 2. The molecule has 7 nitrogen and oxygen atoms in total. The van der Waals surface area contributed by atoms with Gasteiger partial charge in [-0.2, -0.15) is 0 Å². The molecule has 0 unspecified atom stereocenters. The van der Waals surface area contributed by atoms with Gasteiger partial charge in [0.25, 0.3) is 0 Å². The Bertz CT molecular complexity index is 640. The zero-order valence-corrected chi connectivity index (χ0v) is 18.1. The Morgan fingerprint density at radius 1 is 1.28 bits per heavy atom. The van der Waals surface area contributed by atoms with Crippen LogP contribution in [0.3, 0.4) is 0 Å². The number of aromatic nitrogens is 1. The van der Waals surface area contributed by atoms with Crippen molar-refractivity contribution in [3.63, 3.8) is 0 Å². The average Bonchev–Trinajstić information content (AvgIpc) is 3.24. The first-order valence-corrected chi connectivity index (χ1v) is 11.0. The van der Waals surface area contributed by atoms with Crippen LogP contribution in [-0.4, -0.2) is 64.1 Å². The van der Waals surface area contributed by atoms with E-state index in [0.29, 0.717) is 12.0 Å². The second kappa shape index (κ2) is 11.4. The van der Waals surface area contributed by atoms with Gasteiger partial charge >= 0.3 is 0 Å². The van der Waals surface area contributed by atoms with Crippen LogP contribution in [0.4, 0.5) is 5.82 Å². The van der Waals surface area contributed by atoms with E-state index in [4.69, 9.17) is 14.5 Å². The molecule has 1 aliphatic carbocycles. The summed E-state index contributed by atoms with van der Waals surface area (Å²) in [7, 11) is 1.79. The molecule has 3 rings (SSSR count). The maximum absolute atomic E-state index is 5.48. The van der Waals surface area contributed by atoms with Crippen molar-refractivity contribution in [1.29, 1.82) is 0 Å². The number of anilines is 1. The van der Waals surface area contributed by atoms with Crippen molar-refractivity contribution < 1.29 is 9.47 Å². The summed E-state index contributed by atoms with van der Waals surface area (Å²) in [4.78, 5) is 11.8. The lowest BCUT2D eigenvalue weighted by molar-refractivity contribution is 0.122. The number of guanidine groups is 1. The summed E-state index contributed by atoms with van der Waals surface area (Å²) >= 11 is 0. The number of pyridine rings is 1. The summed E-state index contributed by atoms with van der Waals surface area (Å²) in [5.41, 5.74) is 1.49. The SMILES string of the molecule is CCNC(=NCc1cccnc1N1CCOCC1)NCC1(CCOC)CCCC1. The van der Waals surface area contributed by atoms with Crippen LogP contribution in [0.1, 0.15) is 44.6 Å². The molecule has 1 aliphatic heterocycles. The lowest BCUT2D eigenvalue weighted by Gasteiger charge is -2.30. The van der Waals surface area contributed by atoms with Crippen molar-refractivity contribution in [3.8, 4) is 0 Å². The van der Waals surface area contributed by atoms with Crippen molar-refractivity contribution in [2.24, 2.45) is 10.4 Å². The molecule has 1 aromatic heterocycles. The molecule has 162 valence electrons. The molecule has 1 aromatic rings. The van der Waals surface area contributed by atoms with E-state index in [9.17, 15) is 0 Å². The summed E-state index contributed by atoms with van der Waals surface area (Å²) in [6, 6.07) is 4.12. The molecule has 1 saturated carbocycles. The number of nitrogens with zero attached hydrogens (tertiary/aromatic N) is 3. The molecule has 0 radical (unpaired) electrons. The van der Waals surface area contributed by atoms with Crippen LogP contribution < -0.4 is 15.5 Å². The Morgan fingerprint density at radius 2 is 2.07 bits per heavy atom. The first-order chi connectivity index (χ1) is 14.3. The first kappa shape index (κ1) is 21.8. The van der Waals surface area contributed by atoms with Crippen LogP contribution in [0, 0.1) is 5.41 Å². The molecule has 2 aliphatic rings. The van der Waals surface area contributed by atoms with E-state index in [1.807, 2.05) is 12.3 Å². The standard InChI is InChI=1S/C22H37N5O2/c1-3-23-21(26-18-22(10-14-28-2)8-4-5-9-22)25-17-19-7-6-11-24-20(19)27-12-15-29-16-13-27/h6-7,11H,3-5,8-10,12-18H2,1-2H3,(H2,23,25,26). The molecule has 0 amide bonds.